The summed E-state index contributed by atoms with van der Waals surface area (Å²) < 4.78 is 1.06. The average Bonchev–Trinajstić information content (AvgIpc) is 2.61. The maximum atomic E-state index is 12.0. The van der Waals surface area contributed by atoms with Crippen LogP contribution in [0.2, 0.25) is 0 Å². The van der Waals surface area contributed by atoms with Crippen molar-refractivity contribution in [3.05, 3.63) is 0 Å². The van der Waals surface area contributed by atoms with Crippen LogP contribution in [-0.4, -0.2) is 45.3 Å². The van der Waals surface area contributed by atoms with Gasteiger partial charge < -0.3 is 4.90 Å². The van der Waals surface area contributed by atoms with Gasteiger partial charge in [0.1, 0.15) is 4.38 Å². The molecule has 3 nitrogen and oxygen atoms in total. The Balaban J connectivity index is 2.49. The molecule has 0 aromatic carbocycles. The molecular formula is C11H20N2OS2. The summed E-state index contributed by atoms with van der Waals surface area (Å²) in [7, 11) is 1.86. The Morgan fingerprint density at radius 1 is 1.56 bits per heavy atom. The summed E-state index contributed by atoms with van der Waals surface area (Å²) in [5, 5.41) is -0.0380. The van der Waals surface area contributed by atoms with E-state index in [2.05, 4.69) is 11.9 Å². The summed E-state index contributed by atoms with van der Waals surface area (Å²) in [4.78, 5) is 18.3. The summed E-state index contributed by atoms with van der Waals surface area (Å²) in [6, 6.07) is 0.658. The van der Waals surface area contributed by atoms with Crippen molar-refractivity contribution in [1.29, 1.82) is 0 Å². The Labute approximate surface area is 106 Å². The number of nitrogens with zero attached hydrogens (tertiary/aromatic N) is 2. The predicted octanol–water partition coefficient (Wildman–Crippen LogP) is 2.47. The van der Waals surface area contributed by atoms with E-state index in [-0.39, 0.29) is 17.2 Å². The molecule has 5 heteroatoms. The van der Waals surface area contributed by atoms with Crippen molar-refractivity contribution in [1.82, 2.24) is 4.90 Å². The highest BCUT2D eigenvalue weighted by Crippen LogP contribution is 2.29. The second-order valence-electron chi connectivity index (χ2n) is 4.36. The van der Waals surface area contributed by atoms with Crippen molar-refractivity contribution in [3.8, 4) is 0 Å². The van der Waals surface area contributed by atoms with Crippen molar-refractivity contribution in [2.75, 3.05) is 12.8 Å². The van der Waals surface area contributed by atoms with Gasteiger partial charge in [0.25, 0.3) is 0 Å². The minimum atomic E-state index is -0.0380. The summed E-state index contributed by atoms with van der Waals surface area (Å²) in [6.07, 6.45) is 0. The third-order valence-electron chi connectivity index (χ3n) is 2.52. The number of carbonyl (C=O) groups excluding carboxylic acids is 1. The van der Waals surface area contributed by atoms with Crippen LogP contribution in [0.4, 0.5) is 0 Å². The minimum Gasteiger partial charge on any atom is -0.342 e. The van der Waals surface area contributed by atoms with Gasteiger partial charge in [-0.3, -0.25) is 9.79 Å². The van der Waals surface area contributed by atoms with Crippen LogP contribution in [0.3, 0.4) is 0 Å². The van der Waals surface area contributed by atoms with Crippen molar-refractivity contribution in [2.45, 2.75) is 45.0 Å². The second kappa shape index (κ2) is 5.96. The number of thioether (sulfide) groups is 2. The van der Waals surface area contributed by atoms with Crippen molar-refractivity contribution >= 4 is 33.8 Å². The molecule has 1 heterocycles. The van der Waals surface area contributed by atoms with Crippen LogP contribution in [0, 0.1) is 0 Å². The maximum absolute atomic E-state index is 12.0. The van der Waals surface area contributed by atoms with Crippen molar-refractivity contribution in [3.63, 3.8) is 0 Å². The summed E-state index contributed by atoms with van der Waals surface area (Å²) >= 11 is 3.35. The lowest BCUT2D eigenvalue weighted by Crippen LogP contribution is -2.38. The van der Waals surface area contributed by atoms with Crippen LogP contribution in [0.1, 0.15) is 27.7 Å². The molecule has 1 rings (SSSR count). The highest BCUT2D eigenvalue weighted by atomic mass is 32.2. The molecule has 16 heavy (non-hydrogen) atoms. The Bertz CT molecular complexity index is 292. The van der Waals surface area contributed by atoms with Crippen molar-refractivity contribution < 1.29 is 4.79 Å². The molecule has 0 spiro atoms. The molecule has 0 radical (unpaired) electrons. The van der Waals surface area contributed by atoms with Crippen LogP contribution in [-0.2, 0) is 4.79 Å². The molecule has 0 saturated heterocycles. The molecule has 2 atom stereocenters. The minimum absolute atomic E-state index is 0.0380. The molecule has 0 saturated carbocycles. The number of hydrogen-bond donors (Lipinski definition) is 0. The van der Waals surface area contributed by atoms with Crippen LogP contribution in [0.5, 0.6) is 0 Å². The topological polar surface area (TPSA) is 32.7 Å². The number of rotatable bonds is 3. The summed E-state index contributed by atoms with van der Waals surface area (Å²) in [6.45, 7) is 8.11. The zero-order valence-corrected chi connectivity index (χ0v) is 12.2. The molecule has 1 aliphatic rings. The zero-order valence-electron chi connectivity index (χ0n) is 10.6. The van der Waals surface area contributed by atoms with Gasteiger partial charge in [0.2, 0.25) is 5.91 Å². The van der Waals surface area contributed by atoms with E-state index in [1.165, 1.54) is 0 Å². The highest BCUT2D eigenvalue weighted by Gasteiger charge is 2.24. The molecule has 1 aliphatic heterocycles. The summed E-state index contributed by atoms with van der Waals surface area (Å²) in [5.74, 6) is 1.23. The third-order valence-corrected chi connectivity index (χ3v) is 5.03. The molecule has 0 aliphatic carbocycles. The smallest absolute Gasteiger partial charge is 0.235 e. The normalized spacial score (nSPS) is 22.1. The van der Waals surface area contributed by atoms with Gasteiger partial charge in [0.05, 0.1) is 11.3 Å². The monoisotopic (exact) mass is 260 g/mol. The largest absolute Gasteiger partial charge is 0.342 e. The second-order valence-corrected chi connectivity index (χ2v) is 6.95. The van der Waals surface area contributed by atoms with Gasteiger partial charge >= 0.3 is 0 Å². The van der Waals surface area contributed by atoms with Crippen LogP contribution in [0.25, 0.3) is 0 Å². The van der Waals surface area contributed by atoms with E-state index in [0.717, 1.165) is 10.1 Å². The Morgan fingerprint density at radius 2 is 2.19 bits per heavy atom. The standard InChI is InChI=1S/C11H20N2OS2/c1-7(2)13(5)10(14)9(4)16-11-12-8(3)6-15-11/h7-9H,6H2,1-5H3. The van der Waals surface area contributed by atoms with E-state index in [0.29, 0.717) is 6.04 Å². The van der Waals surface area contributed by atoms with Gasteiger partial charge in [0.15, 0.2) is 0 Å². The van der Waals surface area contributed by atoms with Gasteiger partial charge in [-0.2, -0.15) is 0 Å². The SMILES string of the molecule is CC1CSC(SC(C)C(=O)N(C)C(C)C)=N1. The van der Waals surface area contributed by atoms with Gasteiger partial charge in [-0.15, -0.1) is 0 Å². The first-order chi connectivity index (χ1) is 7.41. The van der Waals surface area contributed by atoms with E-state index in [1.54, 1.807) is 28.4 Å². The first kappa shape index (κ1) is 13.9. The van der Waals surface area contributed by atoms with E-state index in [1.807, 2.05) is 27.8 Å². The Kier molecular flexibility index (Phi) is 5.18. The fourth-order valence-corrected chi connectivity index (χ4v) is 3.69. The summed E-state index contributed by atoms with van der Waals surface area (Å²) in [5.41, 5.74) is 0. The predicted molar refractivity (Wildman–Crippen MR) is 74.3 cm³/mol. The van der Waals surface area contributed by atoms with Crippen LogP contribution >= 0.6 is 23.5 Å². The third kappa shape index (κ3) is 3.70. The van der Waals surface area contributed by atoms with E-state index in [9.17, 15) is 4.79 Å². The van der Waals surface area contributed by atoms with Gasteiger partial charge in [-0.1, -0.05) is 23.5 Å². The number of hydrogen-bond acceptors (Lipinski definition) is 4. The van der Waals surface area contributed by atoms with Gasteiger partial charge in [-0.05, 0) is 27.7 Å². The lowest BCUT2D eigenvalue weighted by Gasteiger charge is -2.24. The molecular weight excluding hydrogens is 240 g/mol. The molecule has 1 amide bonds. The van der Waals surface area contributed by atoms with E-state index in [4.69, 9.17) is 0 Å². The molecule has 2 unspecified atom stereocenters. The van der Waals surface area contributed by atoms with E-state index < -0.39 is 0 Å². The zero-order chi connectivity index (χ0) is 12.3. The maximum Gasteiger partial charge on any atom is 0.235 e. The fourth-order valence-electron chi connectivity index (χ4n) is 1.25. The van der Waals surface area contributed by atoms with Crippen molar-refractivity contribution in [2.24, 2.45) is 4.99 Å². The van der Waals surface area contributed by atoms with Gasteiger partial charge in [-0.25, -0.2) is 0 Å². The first-order valence-electron chi connectivity index (χ1n) is 5.55. The quantitative estimate of drug-likeness (QED) is 0.781. The number of amides is 1. The number of carbonyl (C=O) groups is 1. The number of aliphatic imine (C=N–C) groups is 1. The molecule has 0 N–H and O–H groups in total. The molecule has 0 aromatic heterocycles. The Hall–Kier alpha value is -0.160. The highest BCUT2D eigenvalue weighted by molar-refractivity contribution is 8.39. The fraction of sp³-hybridized carbons (Fsp3) is 0.818. The van der Waals surface area contributed by atoms with Gasteiger partial charge in [0, 0.05) is 18.8 Å². The lowest BCUT2D eigenvalue weighted by molar-refractivity contribution is -0.130. The molecule has 92 valence electrons. The average molecular weight is 260 g/mol. The lowest BCUT2D eigenvalue weighted by atomic mass is 10.3. The molecule has 0 bridgehead atoms. The first-order valence-corrected chi connectivity index (χ1v) is 7.42. The molecule has 0 fully saturated rings. The molecule has 0 aromatic rings. The van der Waals surface area contributed by atoms with Crippen LogP contribution < -0.4 is 0 Å². The van der Waals surface area contributed by atoms with Crippen LogP contribution in [0.15, 0.2) is 4.99 Å². The van der Waals surface area contributed by atoms with E-state index >= 15 is 0 Å². The Morgan fingerprint density at radius 3 is 2.62 bits per heavy atom.